The number of rotatable bonds is 6. The van der Waals surface area contributed by atoms with Crippen LogP contribution in [0.5, 0.6) is 0 Å². The van der Waals surface area contributed by atoms with Gasteiger partial charge in [0, 0.05) is 34.9 Å². The predicted molar refractivity (Wildman–Crippen MR) is 128 cm³/mol. The van der Waals surface area contributed by atoms with Crippen molar-refractivity contribution in [2.24, 2.45) is 0 Å². The van der Waals surface area contributed by atoms with E-state index in [1.165, 1.54) is 6.07 Å². The molecule has 0 bridgehead atoms. The maximum absolute atomic E-state index is 15.3. The van der Waals surface area contributed by atoms with Crippen molar-refractivity contribution in [3.63, 3.8) is 0 Å². The highest BCUT2D eigenvalue weighted by molar-refractivity contribution is 5.94. The Bertz CT molecular complexity index is 1460. The summed E-state index contributed by atoms with van der Waals surface area (Å²) >= 11 is 0. The minimum absolute atomic E-state index is 0.0637. The molecule has 184 valence electrons. The number of aromatic amines is 1. The lowest BCUT2D eigenvalue weighted by atomic mass is 9.82. The molecular formula is C26H28F2N4O3. The van der Waals surface area contributed by atoms with E-state index in [4.69, 9.17) is 9.72 Å². The number of carbonyl (C=O) groups is 1. The van der Waals surface area contributed by atoms with Crippen molar-refractivity contribution in [3.8, 4) is 5.69 Å². The van der Waals surface area contributed by atoms with Gasteiger partial charge in [0.05, 0.1) is 23.8 Å². The van der Waals surface area contributed by atoms with Crippen LogP contribution in [-0.4, -0.2) is 50.2 Å². The first-order valence-corrected chi connectivity index (χ1v) is 11.6. The van der Waals surface area contributed by atoms with Gasteiger partial charge in [-0.05, 0) is 61.9 Å². The number of methoxy groups -OCH3 is 1. The summed E-state index contributed by atoms with van der Waals surface area (Å²) < 4.78 is 37.1. The summed E-state index contributed by atoms with van der Waals surface area (Å²) in [7, 11) is 1.62. The summed E-state index contributed by atoms with van der Waals surface area (Å²) in [6.45, 7) is 6.13. The van der Waals surface area contributed by atoms with Gasteiger partial charge < -0.3 is 14.4 Å². The van der Waals surface area contributed by atoms with Crippen molar-refractivity contribution in [1.29, 1.82) is 0 Å². The van der Waals surface area contributed by atoms with Gasteiger partial charge in [-0.1, -0.05) is 13.8 Å². The molecule has 0 radical (unpaired) electrons. The van der Waals surface area contributed by atoms with Gasteiger partial charge >= 0.3 is 5.97 Å². The van der Waals surface area contributed by atoms with Crippen LogP contribution in [0.3, 0.4) is 0 Å². The number of benzene rings is 1. The number of hydrogen-bond donors (Lipinski definition) is 2. The highest BCUT2D eigenvalue weighted by Gasteiger charge is 2.49. The molecule has 2 N–H and O–H groups in total. The largest absolute Gasteiger partial charge is 0.479 e. The van der Waals surface area contributed by atoms with Crippen LogP contribution in [0.2, 0.25) is 0 Å². The molecule has 0 spiro atoms. The minimum Gasteiger partial charge on any atom is -0.479 e. The first-order valence-electron chi connectivity index (χ1n) is 11.6. The molecule has 5 rings (SSSR count). The van der Waals surface area contributed by atoms with Gasteiger partial charge in [0.2, 0.25) is 5.67 Å². The van der Waals surface area contributed by atoms with E-state index < -0.39 is 17.1 Å². The molecule has 35 heavy (non-hydrogen) atoms. The van der Waals surface area contributed by atoms with E-state index in [0.29, 0.717) is 29.8 Å². The molecule has 1 aliphatic rings. The highest BCUT2D eigenvalue weighted by Crippen LogP contribution is 2.50. The summed E-state index contributed by atoms with van der Waals surface area (Å²) in [4.78, 5) is 16.6. The van der Waals surface area contributed by atoms with Crippen molar-refractivity contribution in [3.05, 3.63) is 53.1 Å². The van der Waals surface area contributed by atoms with Gasteiger partial charge in [-0.2, -0.15) is 5.10 Å². The van der Waals surface area contributed by atoms with Crippen LogP contribution >= 0.6 is 0 Å². The molecule has 1 saturated carbocycles. The number of carboxylic acids is 1. The second kappa shape index (κ2) is 8.12. The number of hydrogen-bond acceptors (Lipinski definition) is 4. The highest BCUT2D eigenvalue weighted by atomic mass is 19.1. The first kappa shape index (κ1) is 23.4. The maximum Gasteiger partial charge on any atom is 0.341 e. The van der Waals surface area contributed by atoms with Crippen molar-refractivity contribution in [2.75, 3.05) is 13.7 Å². The van der Waals surface area contributed by atoms with Crippen LogP contribution in [0.15, 0.2) is 30.5 Å². The number of aryl methyl sites for hydroxylation is 1. The number of pyridine rings is 1. The molecular weight excluding hydrogens is 454 g/mol. The molecule has 3 aromatic heterocycles. The lowest BCUT2D eigenvalue weighted by Gasteiger charge is -2.29. The van der Waals surface area contributed by atoms with Gasteiger partial charge in [0.15, 0.2) is 5.65 Å². The third kappa shape index (κ3) is 3.69. The maximum atomic E-state index is 15.3. The lowest BCUT2D eigenvalue weighted by molar-refractivity contribution is -0.150. The summed E-state index contributed by atoms with van der Waals surface area (Å²) in [5, 5.41) is 17.4. The second-order valence-electron chi connectivity index (χ2n) is 10.2. The van der Waals surface area contributed by atoms with Gasteiger partial charge in [0.25, 0.3) is 0 Å². The Morgan fingerprint density at radius 1 is 1.37 bits per heavy atom. The summed E-state index contributed by atoms with van der Waals surface area (Å²) in [5.74, 6) is -2.10. The molecule has 1 fully saturated rings. The molecule has 4 aromatic rings. The van der Waals surface area contributed by atoms with Crippen LogP contribution in [0.25, 0.3) is 27.8 Å². The smallest absolute Gasteiger partial charge is 0.341 e. The lowest BCUT2D eigenvalue weighted by Crippen LogP contribution is -2.31. The number of carboxylic acid groups (broad SMARTS) is 1. The molecule has 9 heteroatoms. The average molecular weight is 483 g/mol. The monoisotopic (exact) mass is 482 g/mol. The fourth-order valence-electron chi connectivity index (χ4n) is 5.55. The van der Waals surface area contributed by atoms with Crippen LogP contribution in [0, 0.1) is 12.7 Å². The Morgan fingerprint density at radius 3 is 2.80 bits per heavy atom. The summed E-state index contributed by atoms with van der Waals surface area (Å²) in [6, 6.07) is 6.88. The normalized spacial score (nSPS) is 20.8. The molecule has 0 saturated heterocycles. The third-order valence-electron chi connectivity index (χ3n) is 7.18. The Hall–Kier alpha value is -3.33. The van der Waals surface area contributed by atoms with Crippen LogP contribution < -0.4 is 0 Å². The Balaban J connectivity index is 1.88. The van der Waals surface area contributed by atoms with E-state index in [1.807, 2.05) is 24.5 Å². The number of nitrogens with one attached hydrogen (secondary N) is 1. The van der Waals surface area contributed by atoms with Crippen molar-refractivity contribution in [2.45, 2.75) is 57.0 Å². The standard InChI is InChI=1S/C26H28F2N4O3/c1-14-9-17(5-6-18(14)27)32-19-10-16-12-29-31-23(16)30-21(19)20(22(32)25(2,3)13-35-4)15-7-8-26(28,11-15)24(33)34/h5-6,9-10,12,15H,7-8,11,13H2,1-4H3,(H,33,34)(H,29,30,31)/t15-,26+/m1/s1. The van der Waals surface area contributed by atoms with Gasteiger partial charge in [-0.25, -0.2) is 18.6 Å². The molecule has 3 heterocycles. The SMILES string of the molecule is COCC(C)(C)c1c([C@@H]2CC[C@@](F)(C(=O)O)C2)c2nc3[nH]ncc3cc2n1-c1ccc(F)c(C)c1. The van der Waals surface area contributed by atoms with E-state index in [1.54, 1.807) is 32.4 Å². The number of alkyl halides is 1. The van der Waals surface area contributed by atoms with Crippen LogP contribution in [0.4, 0.5) is 8.78 Å². The van der Waals surface area contributed by atoms with Gasteiger partial charge in [-0.3, -0.25) is 5.10 Å². The fourth-order valence-corrected chi connectivity index (χ4v) is 5.55. The van der Waals surface area contributed by atoms with Crippen LogP contribution in [-0.2, 0) is 14.9 Å². The minimum atomic E-state index is -2.29. The second-order valence-corrected chi connectivity index (χ2v) is 10.2. The molecule has 7 nitrogen and oxygen atoms in total. The zero-order valence-corrected chi connectivity index (χ0v) is 20.2. The molecule has 0 amide bonds. The topological polar surface area (TPSA) is 93.0 Å². The zero-order valence-electron chi connectivity index (χ0n) is 20.2. The van der Waals surface area contributed by atoms with Crippen molar-refractivity contribution >= 4 is 28.0 Å². The van der Waals surface area contributed by atoms with Crippen molar-refractivity contribution < 1.29 is 23.4 Å². The third-order valence-corrected chi connectivity index (χ3v) is 7.18. The van der Waals surface area contributed by atoms with E-state index >= 15 is 4.39 Å². The van der Waals surface area contributed by atoms with Gasteiger partial charge in [-0.15, -0.1) is 0 Å². The quantitative estimate of drug-likeness (QED) is 0.387. The molecule has 0 aliphatic heterocycles. The number of aliphatic carboxylic acids is 1. The molecule has 1 aromatic carbocycles. The Kier molecular flexibility index (Phi) is 5.43. The van der Waals surface area contributed by atoms with E-state index in [-0.39, 0.29) is 24.6 Å². The first-order chi connectivity index (χ1) is 16.6. The molecule has 2 atom stereocenters. The van der Waals surface area contributed by atoms with Gasteiger partial charge in [0.1, 0.15) is 5.82 Å². The van der Waals surface area contributed by atoms with E-state index in [0.717, 1.165) is 27.8 Å². The number of ether oxygens (including phenoxy) is 1. The number of nitrogens with zero attached hydrogens (tertiary/aromatic N) is 3. The number of aromatic nitrogens is 4. The molecule has 1 aliphatic carbocycles. The van der Waals surface area contributed by atoms with E-state index in [2.05, 4.69) is 10.2 Å². The van der Waals surface area contributed by atoms with Crippen LogP contribution in [0.1, 0.15) is 55.8 Å². The predicted octanol–water partition coefficient (Wildman–Crippen LogP) is 5.33. The number of H-pyrrole nitrogens is 1. The summed E-state index contributed by atoms with van der Waals surface area (Å²) in [6.07, 6.45) is 1.86. The van der Waals surface area contributed by atoms with E-state index in [9.17, 15) is 14.3 Å². The zero-order chi connectivity index (χ0) is 25.1. The summed E-state index contributed by atoms with van der Waals surface area (Å²) in [5.41, 5.74) is 2.07. The Labute approximate surface area is 201 Å². The van der Waals surface area contributed by atoms with Crippen molar-refractivity contribution in [1.82, 2.24) is 19.7 Å². The molecule has 0 unspecified atom stereocenters. The Morgan fingerprint density at radius 2 is 2.14 bits per heavy atom. The number of fused-ring (bicyclic) bond motifs is 2. The fraction of sp³-hybridized carbons (Fsp3) is 0.423. The number of halogens is 2. The average Bonchev–Trinajstić information content (AvgIpc) is 3.50.